The van der Waals surface area contributed by atoms with Crippen molar-refractivity contribution in [2.75, 3.05) is 0 Å². The number of nitrogens with two attached hydrogens (primary N) is 1. The highest BCUT2D eigenvalue weighted by molar-refractivity contribution is 5.90. The number of hydrogen-bond acceptors (Lipinski definition) is 4. The van der Waals surface area contributed by atoms with E-state index in [9.17, 15) is 18.4 Å². The fourth-order valence-electron chi connectivity index (χ4n) is 2.21. The Morgan fingerprint density at radius 3 is 2.90 bits per heavy atom. The van der Waals surface area contributed by atoms with Gasteiger partial charge in [-0.15, -0.1) is 0 Å². The molecule has 2 amide bonds. The summed E-state index contributed by atoms with van der Waals surface area (Å²) < 4.78 is 31.3. The minimum absolute atomic E-state index is 0.0431. The standard InChI is InChI=1S/C12H15F2N3O3/c13-12(14)3-1-2-7(4-12)11(19)16-5-9-17-8(6-20-9)10(15)18/h6-7H,1-5H2,(H2,15,18)(H,16,19). The summed E-state index contributed by atoms with van der Waals surface area (Å²) in [5, 5.41) is 2.48. The molecule has 3 N–H and O–H groups in total. The lowest BCUT2D eigenvalue weighted by atomic mass is 9.86. The Morgan fingerprint density at radius 2 is 2.30 bits per heavy atom. The number of aromatic nitrogens is 1. The monoisotopic (exact) mass is 287 g/mol. The van der Waals surface area contributed by atoms with Crippen LogP contribution in [-0.4, -0.2) is 22.7 Å². The molecular weight excluding hydrogens is 272 g/mol. The molecule has 110 valence electrons. The van der Waals surface area contributed by atoms with Crippen LogP contribution in [0.25, 0.3) is 0 Å². The van der Waals surface area contributed by atoms with Crippen molar-refractivity contribution in [3.63, 3.8) is 0 Å². The Bertz CT molecular complexity index is 516. The van der Waals surface area contributed by atoms with E-state index in [0.29, 0.717) is 12.8 Å². The molecule has 8 heteroatoms. The molecule has 1 fully saturated rings. The average Bonchev–Trinajstić information content (AvgIpc) is 2.83. The zero-order valence-corrected chi connectivity index (χ0v) is 10.7. The first-order valence-corrected chi connectivity index (χ1v) is 6.27. The molecule has 1 aromatic rings. The lowest BCUT2D eigenvalue weighted by Crippen LogP contribution is -2.37. The van der Waals surface area contributed by atoms with Crippen LogP contribution in [0.5, 0.6) is 0 Å². The van der Waals surface area contributed by atoms with Crippen molar-refractivity contribution in [1.29, 1.82) is 0 Å². The number of nitrogens with one attached hydrogen (secondary N) is 1. The summed E-state index contributed by atoms with van der Waals surface area (Å²) in [7, 11) is 0. The molecule has 0 bridgehead atoms. The van der Waals surface area contributed by atoms with Crippen LogP contribution in [0, 0.1) is 5.92 Å². The van der Waals surface area contributed by atoms with E-state index < -0.39 is 30.1 Å². The second kappa shape index (κ2) is 5.56. The van der Waals surface area contributed by atoms with Gasteiger partial charge in [0.2, 0.25) is 17.7 Å². The first kappa shape index (κ1) is 14.4. The van der Waals surface area contributed by atoms with E-state index in [1.54, 1.807) is 0 Å². The summed E-state index contributed by atoms with van der Waals surface area (Å²) >= 11 is 0. The molecular formula is C12H15F2N3O3. The fraction of sp³-hybridized carbons (Fsp3) is 0.583. The highest BCUT2D eigenvalue weighted by Gasteiger charge is 2.39. The summed E-state index contributed by atoms with van der Waals surface area (Å²) in [5.74, 6) is -4.57. The number of hydrogen-bond donors (Lipinski definition) is 2. The zero-order valence-electron chi connectivity index (χ0n) is 10.7. The normalized spacial score (nSPS) is 21.4. The van der Waals surface area contributed by atoms with Gasteiger partial charge in [0.05, 0.1) is 6.54 Å². The van der Waals surface area contributed by atoms with Gasteiger partial charge in [-0.2, -0.15) is 0 Å². The van der Waals surface area contributed by atoms with Crippen molar-refractivity contribution in [2.45, 2.75) is 38.2 Å². The van der Waals surface area contributed by atoms with Crippen molar-refractivity contribution in [3.8, 4) is 0 Å². The predicted molar refractivity (Wildman–Crippen MR) is 63.8 cm³/mol. The summed E-state index contributed by atoms with van der Waals surface area (Å²) in [6, 6.07) is 0. The minimum atomic E-state index is -2.78. The maximum absolute atomic E-state index is 13.2. The van der Waals surface area contributed by atoms with Gasteiger partial charge in [-0.25, -0.2) is 13.8 Å². The maximum Gasteiger partial charge on any atom is 0.270 e. The molecule has 0 aromatic carbocycles. The summed E-state index contributed by atoms with van der Waals surface area (Å²) in [4.78, 5) is 26.3. The highest BCUT2D eigenvalue weighted by atomic mass is 19.3. The molecule has 1 heterocycles. The Kier molecular flexibility index (Phi) is 4.01. The number of nitrogens with zero attached hydrogens (tertiary/aromatic N) is 1. The Balaban J connectivity index is 1.86. The van der Waals surface area contributed by atoms with E-state index in [1.165, 1.54) is 0 Å². The van der Waals surface area contributed by atoms with Gasteiger partial charge in [-0.3, -0.25) is 9.59 Å². The molecule has 20 heavy (non-hydrogen) atoms. The van der Waals surface area contributed by atoms with E-state index >= 15 is 0 Å². The van der Waals surface area contributed by atoms with Crippen molar-refractivity contribution >= 4 is 11.8 Å². The number of halogens is 2. The maximum atomic E-state index is 13.2. The largest absolute Gasteiger partial charge is 0.446 e. The smallest absolute Gasteiger partial charge is 0.270 e. The van der Waals surface area contributed by atoms with Crippen molar-refractivity contribution in [2.24, 2.45) is 11.7 Å². The second-order valence-electron chi connectivity index (χ2n) is 4.86. The number of carbonyl (C=O) groups excluding carboxylic acids is 2. The van der Waals surface area contributed by atoms with Gasteiger partial charge in [0.1, 0.15) is 6.26 Å². The van der Waals surface area contributed by atoms with E-state index in [1.807, 2.05) is 0 Å². The lowest BCUT2D eigenvalue weighted by Gasteiger charge is -2.27. The molecule has 0 aliphatic heterocycles. The molecule has 2 rings (SSSR count). The van der Waals surface area contributed by atoms with Gasteiger partial charge in [0.25, 0.3) is 5.91 Å². The molecule has 0 spiro atoms. The van der Waals surface area contributed by atoms with Crippen LogP contribution < -0.4 is 11.1 Å². The molecule has 1 aromatic heterocycles. The Hall–Kier alpha value is -1.99. The van der Waals surface area contributed by atoms with Crippen LogP contribution in [0.4, 0.5) is 8.78 Å². The second-order valence-corrected chi connectivity index (χ2v) is 4.86. The Labute approximate surface area is 113 Å². The van der Waals surface area contributed by atoms with E-state index in [-0.39, 0.29) is 24.6 Å². The molecule has 0 saturated heterocycles. The summed E-state index contributed by atoms with van der Waals surface area (Å²) in [6.45, 7) is -0.0613. The average molecular weight is 287 g/mol. The molecule has 1 aliphatic rings. The number of carbonyl (C=O) groups is 2. The van der Waals surface area contributed by atoms with E-state index in [0.717, 1.165) is 6.26 Å². The van der Waals surface area contributed by atoms with Crippen LogP contribution in [-0.2, 0) is 11.3 Å². The topological polar surface area (TPSA) is 98.2 Å². The molecule has 0 radical (unpaired) electrons. The third kappa shape index (κ3) is 3.52. The Morgan fingerprint density at radius 1 is 1.55 bits per heavy atom. The third-order valence-electron chi connectivity index (χ3n) is 3.23. The van der Waals surface area contributed by atoms with Gasteiger partial charge < -0.3 is 15.5 Å². The molecule has 6 nitrogen and oxygen atoms in total. The number of primary amides is 1. The van der Waals surface area contributed by atoms with Crippen molar-refractivity contribution < 1.29 is 22.8 Å². The van der Waals surface area contributed by atoms with Gasteiger partial charge >= 0.3 is 0 Å². The number of oxazole rings is 1. The van der Waals surface area contributed by atoms with Crippen LogP contribution in [0.2, 0.25) is 0 Å². The zero-order chi connectivity index (χ0) is 14.8. The van der Waals surface area contributed by atoms with Crippen molar-refractivity contribution in [1.82, 2.24) is 10.3 Å². The lowest BCUT2D eigenvalue weighted by molar-refractivity contribution is -0.132. The number of amides is 2. The quantitative estimate of drug-likeness (QED) is 0.869. The highest BCUT2D eigenvalue weighted by Crippen LogP contribution is 2.36. The number of alkyl halides is 2. The molecule has 1 unspecified atom stereocenters. The SMILES string of the molecule is NC(=O)c1coc(CNC(=O)C2CCCC(F)(F)C2)n1. The predicted octanol–water partition coefficient (Wildman–Crippen LogP) is 1.22. The first-order valence-electron chi connectivity index (χ1n) is 6.27. The van der Waals surface area contributed by atoms with Crippen LogP contribution in [0.3, 0.4) is 0 Å². The van der Waals surface area contributed by atoms with Gasteiger partial charge in [-0.05, 0) is 12.8 Å². The number of rotatable bonds is 4. The third-order valence-corrected chi connectivity index (χ3v) is 3.23. The van der Waals surface area contributed by atoms with Gasteiger partial charge in [0, 0.05) is 18.8 Å². The molecule has 1 aliphatic carbocycles. The van der Waals surface area contributed by atoms with Crippen LogP contribution in [0.1, 0.15) is 42.1 Å². The fourth-order valence-corrected chi connectivity index (χ4v) is 2.21. The van der Waals surface area contributed by atoms with E-state index in [4.69, 9.17) is 10.2 Å². The van der Waals surface area contributed by atoms with Crippen LogP contribution in [0.15, 0.2) is 10.7 Å². The summed E-state index contributed by atoms with van der Waals surface area (Å²) in [6.07, 6.45) is 1.25. The van der Waals surface area contributed by atoms with E-state index in [2.05, 4.69) is 10.3 Å². The minimum Gasteiger partial charge on any atom is -0.446 e. The molecule has 1 atom stereocenters. The molecule has 1 saturated carbocycles. The van der Waals surface area contributed by atoms with Crippen molar-refractivity contribution in [3.05, 3.63) is 17.8 Å². The first-order chi connectivity index (χ1) is 9.37. The van der Waals surface area contributed by atoms with Gasteiger partial charge in [0.15, 0.2) is 5.69 Å². The summed E-state index contributed by atoms with van der Waals surface area (Å²) in [5.41, 5.74) is 4.95. The van der Waals surface area contributed by atoms with Crippen LogP contribution >= 0.6 is 0 Å². The van der Waals surface area contributed by atoms with Gasteiger partial charge in [-0.1, -0.05) is 0 Å².